The van der Waals surface area contributed by atoms with E-state index in [0.717, 1.165) is 37.1 Å². The SMILES string of the molecule is C[C@@H]1CN(Cc2ccc3c(N4CCC(=O)NC4=O)nn(C)c3c2)CCN1. The molecule has 8 nitrogen and oxygen atoms in total. The zero-order chi connectivity index (χ0) is 18.3. The molecule has 2 N–H and O–H groups in total. The lowest BCUT2D eigenvalue weighted by Gasteiger charge is -2.31. The normalized spacial score (nSPS) is 22.1. The highest BCUT2D eigenvalue weighted by molar-refractivity contribution is 6.08. The Hall–Kier alpha value is -2.45. The van der Waals surface area contributed by atoms with Gasteiger partial charge in [0.1, 0.15) is 0 Å². The Morgan fingerprint density at radius 3 is 2.88 bits per heavy atom. The highest BCUT2D eigenvalue weighted by Crippen LogP contribution is 2.28. The average Bonchev–Trinajstić information content (AvgIpc) is 2.91. The molecule has 0 unspecified atom stereocenters. The maximum absolute atomic E-state index is 12.2. The number of aryl methyl sites for hydroxylation is 1. The zero-order valence-corrected chi connectivity index (χ0v) is 15.2. The van der Waals surface area contributed by atoms with Gasteiger partial charge >= 0.3 is 6.03 Å². The first-order valence-electron chi connectivity index (χ1n) is 9.04. The molecule has 26 heavy (non-hydrogen) atoms. The van der Waals surface area contributed by atoms with E-state index in [2.05, 4.69) is 39.7 Å². The van der Waals surface area contributed by atoms with Crippen LogP contribution in [0.2, 0.25) is 0 Å². The van der Waals surface area contributed by atoms with E-state index in [0.29, 0.717) is 24.8 Å². The summed E-state index contributed by atoms with van der Waals surface area (Å²) in [5, 5.41) is 11.3. The van der Waals surface area contributed by atoms with E-state index in [1.165, 1.54) is 5.56 Å². The van der Waals surface area contributed by atoms with Crippen LogP contribution in [0.5, 0.6) is 0 Å². The van der Waals surface area contributed by atoms with Gasteiger partial charge < -0.3 is 5.32 Å². The molecule has 1 aromatic heterocycles. The molecule has 0 spiro atoms. The minimum atomic E-state index is -0.403. The van der Waals surface area contributed by atoms with Gasteiger partial charge in [0.2, 0.25) is 5.91 Å². The topological polar surface area (TPSA) is 82.5 Å². The second-order valence-electron chi connectivity index (χ2n) is 7.14. The predicted octanol–water partition coefficient (Wildman–Crippen LogP) is 0.813. The number of urea groups is 1. The molecule has 2 aromatic rings. The molecule has 138 valence electrons. The number of carbonyl (C=O) groups excluding carboxylic acids is 2. The Labute approximate surface area is 152 Å². The van der Waals surface area contributed by atoms with Gasteiger partial charge in [0.15, 0.2) is 5.82 Å². The summed E-state index contributed by atoms with van der Waals surface area (Å²) in [7, 11) is 1.88. The monoisotopic (exact) mass is 356 g/mol. The third kappa shape index (κ3) is 3.17. The third-order valence-electron chi connectivity index (χ3n) is 5.07. The molecule has 0 bridgehead atoms. The Morgan fingerprint density at radius 1 is 1.27 bits per heavy atom. The molecule has 3 amide bonds. The maximum Gasteiger partial charge on any atom is 0.329 e. The number of rotatable bonds is 3. The van der Waals surface area contributed by atoms with Crippen molar-refractivity contribution < 1.29 is 9.59 Å². The number of hydrogen-bond donors (Lipinski definition) is 2. The fourth-order valence-corrected chi connectivity index (χ4v) is 3.76. The van der Waals surface area contributed by atoms with Crippen LogP contribution in [0.1, 0.15) is 18.9 Å². The Morgan fingerprint density at radius 2 is 2.12 bits per heavy atom. The molecule has 2 aliphatic rings. The number of aromatic nitrogens is 2. The van der Waals surface area contributed by atoms with Gasteiger partial charge in [-0.25, -0.2) is 4.79 Å². The summed E-state index contributed by atoms with van der Waals surface area (Å²) in [4.78, 5) is 27.5. The van der Waals surface area contributed by atoms with Gasteiger partial charge in [-0.3, -0.25) is 24.6 Å². The van der Waals surface area contributed by atoms with Crippen LogP contribution >= 0.6 is 0 Å². The fourth-order valence-electron chi connectivity index (χ4n) is 3.76. The summed E-state index contributed by atoms with van der Waals surface area (Å²) in [6, 6.07) is 6.39. The highest BCUT2D eigenvalue weighted by atomic mass is 16.2. The van der Waals surface area contributed by atoms with Gasteiger partial charge in [-0.2, -0.15) is 5.10 Å². The number of benzene rings is 1. The first-order chi connectivity index (χ1) is 12.5. The van der Waals surface area contributed by atoms with E-state index in [1.807, 2.05) is 13.1 Å². The van der Waals surface area contributed by atoms with Crippen LogP contribution in [0.4, 0.5) is 10.6 Å². The van der Waals surface area contributed by atoms with Crippen LogP contribution in [0.3, 0.4) is 0 Å². The van der Waals surface area contributed by atoms with E-state index in [-0.39, 0.29) is 5.91 Å². The van der Waals surface area contributed by atoms with Crippen molar-refractivity contribution in [3.05, 3.63) is 23.8 Å². The van der Waals surface area contributed by atoms with Gasteiger partial charge in [-0.15, -0.1) is 0 Å². The minimum Gasteiger partial charge on any atom is -0.312 e. The van der Waals surface area contributed by atoms with E-state index in [4.69, 9.17) is 0 Å². The van der Waals surface area contributed by atoms with Gasteiger partial charge in [0.05, 0.1) is 5.52 Å². The summed E-state index contributed by atoms with van der Waals surface area (Å²) in [6.07, 6.45) is 0.295. The van der Waals surface area contributed by atoms with Crippen molar-refractivity contribution in [3.63, 3.8) is 0 Å². The molecule has 0 radical (unpaired) electrons. The molecule has 2 aliphatic heterocycles. The first-order valence-corrected chi connectivity index (χ1v) is 9.04. The summed E-state index contributed by atoms with van der Waals surface area (Å²) >= 11 is 0. The van der Waals surface area contributed by atoms with Crippen molar-refractivity contribution in [2.24, 2.45) is 7.05 Å². The van der Waals surface area contributed by atoms with E-state index in [9.17, 15) is 9.59 Å². The van der Waals surface area contributed by atoms with Crippen molar-refractivity contribution in [1.29, 1.82) is 0 Å². The summed E-state index contributed by atoms with van der Waals surface area (Å²) < 4.78 is 1.80. The number of piperazine rings is 1. The van der Waals surface area contributed by atoms with E-state index < -0.39 is 6.03 Å². The molecule has 0 aliphatic carbocycles. The number of nitrogens with zero attached hydrogens (tertiary/aromatic N) is 4. The van der Waals surface area contributed by atoms with Crippen LogP contribution < -0.4 is 15.5 Å². The van der Waals surface area contributed by atoms with Crippen LogP contribution in [0.25, 0.3) is 10.9 Å². The van der Waals surface area contributed by atoms with Gasteiger partial charge in [0.25, 0.3) is 0 Å². The second-order valence-corrected chi connectivity index (χ2v) is 7.14. The minimum absolute atomic E-state index is 0.237. The molecule has 8 heteroatoms. The fraction of sp³-hybridized carbons (Fsp3) is 0.500. The Balaban J connectivity index is 1.60. The van der Waals surface area contributed by atoms with Crippen molar-refractivity contribution >= 4 is 28.7 Å². The second kappa shape index (κ2) is 6.69. The number of imide groups is 1. The molecular formula is C18H24N6O2. The van der Waals surface area contributed by atoms with Gasteiger partial charge in [0, 0.05) is 57.6 Å². The lowest BCUT2D eigenvalue weighted by molar-refractivity contribution is -0.120. The van der Waals surface area contributed by atoms with E-state index >= 15 is 0 Å². The van der Waals surface area contributed by atoms with Gasteiger partial charge in [-0.05, 0) is 24.6 Å². The zero-order valence-electron chi connectivity index (χ0n) is 15.2. The number of hydrogen-bond acceptors (Lipinski definition) is 5. The average molecular weight is 356 g/mol. The standard InChI is InChI=1S/C18H24N6O2/c1-12-10-23(8-6-19-12)11-13-3-4-14-15(9-13)22(2)21-17(14)24-7-5-16(25)20-18(24)26/h3-4,9,12,19H,5-8,10-11H2,1-2H3,(H,20,25,26)/t12-/m1/s1. The molecular weight excluding hydrogens is 332 g/mol. The molecule has 2 fully saturated rings. The third-order valence-corrected chi connectivity index (χ3v) is 5.07. The predicted molar refractivity (Wildman–Crippen MR) is 99.0 cm³/mol. The molecule has 1 aromatic carbocycles. The number of anilines is 1. The summed E-state index contributed by atoms with van der Waals surface area (Å²) in [5.74, 6) is 0.369. The number of carbonyl (C=O) groups is 2. The largest absolute Gasteiger partial charge is 0.329 e. The summed E-state index contributed by atoms with van der Waals surface area (Å²) in [6.45, 7) is 6.56. The molecule has 0 saturated carbocycles. The van der Waals surface area contributed by atoms with Gasteiger partial charge in [-0.1, -0.05) is 6.07 Å². The lowest BCUT2D eigenvalue weighted by atomic mass is 10.1. The van der Waals surface area contributed by atoms with Crippen LogP contribution in [0.15, 0.2) is 18.2 Å². The number of amides is 3. The number of nitrogens with one attached hydrogen (secondary N) is 2. The molecule has 1 atom stereocenters. The smallest absolute Gasteiger partial charge is 0.312 e. The van der Waals surface area contributed by atoms with Crippen LogP contribution in [0, 0.1) is 0 Å². The Bertz CT molecular complexity index is 861. The molecule has 2 saturated heterocycles. The van der Waals surface area contributed by atoms with Crippen molar-refractivity contribution in [3.8, 4) is 0 Å². The van der Waals surface area contributed by atoms with Crippen LogP contribution in [-0.2, 0) is 18.4 Å². The quantitative estimate of drug-likeness (QED) is 0.851. The first kappa shape index (κ1) is 17.0. The van der Waals surface area contributed by atoms with E-state index in [1.54, 1.807) is 9.58 Å². The number of fused-ring (bicyclic) bond motifs is 1. The van der Waals surface area contributed by atoms with Crippen molar-refractivity contribution in [2.75, 3.05) is 31.1 Å². The van der Waals surface area contributed by atoms with Crippen molar-refractivity contribution in [1.82, 2.24) is 25.3 Å². The van der Waals surface area contributed by atoms with Crippen LogP contribution in [-0.4, -0.2) is 58.8 Å². The van der Waals surface area contributed by atoms with Crippen molar-refractivity contribution in [2.45, 2.75) is 25.9 Å². The summed E-state index contributed by atoms with van der Waals surface area (Å²) in [5.41, 5.74) is 2.23. The Kier molecular flexibility index (Phi) is 4.37. The molecule has 3 heterocycles. The molecule has 4 rings (SSSR count). The highest BCUT2D eigenvalue weighted by Gasteiger charge is 2.28. The lowest BCUT2D eigenvalue weighted by Crippen LogP contribution is -2.49. The maximum atomic E-state index is 12.2.